The average molecular weight is 594 g/mol. The van der Waals surface area contributed by atoms with E-state index in [-0.39, 0.29) is 17.5 Å². The average Bonchev–Trinajstić information content (AvgIpc) is 3.20. The molecule has 12 heteroatoms. The van der Waals surface area contributed by atoms with Gasteiger partial charge in [-0.3, -0.25) is 9.59 Å². The fraction of sp³-hybridized carbons (Fsp3) is 0.267. The van der Waals surface area contributed by atoms with E-state index in [0.29, 0.717) is 33.6 Å². The lowest BCUT2D eigenvalue weighted by molar-refractivity contribution is -0.274. The molecule has 1 N–H and O–H groups in total. The maximum absolute atomic E-state index is 13.7. The Kier molecular flexibility index (Phi) is 8.55. The molecule has 0 saturated carbocycles. The number of nitrogens with zero attached hydrogens (tertiary/aromatic N) is 1. The second-order valence-corrected chi connectivity index (χ2v) is 9.64. The van der Waals surface area contributed by atoms with Crippen molar-refractivity contribution >= 4 is 22.7 Å². The molecule has 0 aliphatic heterocycles. The predicted molar refractivity (Wildman–Crippen MR) is 141 cm³/mol. The van der Waals surface area contributed by atoms with Crippen molar-refractivity contribution < 1.29 is 50.5 Å². The zero-order chi connectivity index (χ0) is 30.8. The van der Waals surface area contributed by atoms with Gasteiger partial charge in [-0.05, 0) is 73.9 Å². The van der Waals surface area contributed by atoms with Crippen LogP contribution in [0.4, 0.5) is 26.3 Å². The highest BCUT2D eigenvalue weighted by molar-refractivity contribution is 6.18. The lowest BCUT2D eigenvalue weighted by atomic mass is 9.94. The molecule has 0 amide bonds. The maximum Gasteiger partial charge on any atom is 0.573 e. The third kappa shape index (κ3) is 7.04. The summed E-state index contributed by atoms with van der Waals surface area (Å²) in [7, 11) is 1.47. The van der Waals surface area contributed by atoms with Gasteiger partial charge in [0, 0.05) is 34.8 Å². The number of carbonyl (C=O) groups is 2. The Morgan fingerprint density at radius 1 is 0.929 bits per heavy atom. The summed E-state index contributed by atoms with van der Waals surface area (Å²) in [6.07, 6.45) is -11.6. The van der Waals surface area contributed by atoms with Crippen LogP contribution in [0, 0.1) is 12.8 Å². The van der Waals surface area contributed by atoms with Crippen LogP contribution in [0.25, 0.3) is 16.6 Å². The van der Waals surface area contributed by atoms with Gasteiger partial charge in [-0.1, -0.05) is 12.1 Å². The van der Waals surface area contributed by atoms with Crippen LogP contribution in [-0.4, -0.2) is 41.1 Å². The molecule has 0 saturated heterocycles. The van der Waals surface area contributed by atoms with Gasteiger partial charge in [0.05, 0.1) is 24.1 Å². The summed E-state index contributed by atoms with van der Waals surface area (Å²) in [5.74, 6) is -3.10. The summed E-state index contributed by atoms with van der Waals surface area (Å²) in [4.78, 5) is 25.3. The van der Waals surface area contributed by atoms with Gasteiger partial charge in [0.25, 0.3) is 0 Å². The minimum absolute atomic E-state index is 0.204. The Labute approximate surface area is 236 Å². The fourth-order valence-electron chi connectivity index (χ4n) is 4.86. The van der Waals surface area contributed by atoms with Crippen LogP contribution in [0.2, 0.25) is 0 Å². The molecule has 0 bridgehead atoms. The summed E-state index contributed by atoms with van der Waals surface area (Å²) in [5, 5.41) is 9.84. The van der Waals surface area contributed by atoms with Gasteiger partial charge in [0.2, 0.25) is 0 Å². The number of aromatic nitrogens is 1. The Morgan fingerprint density at radius 2 is 1.60 bits per heavy atom. The lowest BCUT2D eigenvalue weighted by Gasteiger charge is -2.16. The van der Waals surface area contributed by atoms with E-state index < -0.39 is 48.8 Å². The number of carbonyl (C=O) groups excluding carboxylic acids is 1. The number of carboxylic acid groups (broad SMARTS) is 1. The number of ketones is 1. The van der Waals surface area contributed by atoms with Gasteiger partial charge in [-0.25, -0.2) is 0 Å². The van der Waals surface area contributed by atoms with Crippen molar-refractivity contribution in [1.29, 1.82) is 0 Å². The third-order valence-electron chi connectivity index (χ3n) is 6.77. The molecule has 0 aliphatic carbocycles. The molecule has 1 aromatic heterocycles. The van der Waals surface area contributed by atoms with E-state index in [4.69, 9.17) is 4.74 Å². The number of methoxy groups -OCH3 is 1. The summed E-state index contributed by atoms with van der Waals surface area (Å²) >= 11 is 0. The topological polar surface area (TPSA) is 77.8 Å². The van der Waals surface area contributed by atoms with E-state index in [9.17, 15) is 41.0 Å². The minimum Gasteiger partial charge on any atom is -0.497 e. The highest BCUT2D eigenvalue weighted by Gasteiger charge is 2.32. The molecule has 6 nitrogen and oxygen atoms in total. The van der Waals surface area contributed by atoms with Gasteiger partial charge in [-0.15, -0.1) is 13.2 Å². The Hall–Kier alpha value is -4.48. The molecule has 0 spiro atoms. The van der Waals surface area contributed by atoms with Crippen molar-refractivity contribution in [3.05, 3.63) is 89.1 Å². The van der Waals surface area contributed by atoms with Gasteiger partial charge >= 0.3 is 18.5 Å². The van der Waals surface area contributed by atoms with E-state index in [0.717, 1.165) is 12.1 Å². The van der Waals surface area contributed by atoms with E-state index in [1.54, 1.807) is 49.4 Å². The van der Waals surface area contributed by atoms with Crippen molar-refractivity contribution in [2.45, 2.75) is 38.7 Å². The van der Waals surface area contributed by atoms with Crippen LogP contribution in [0.15, 0.2) is 66.7 Å². The van der Waals surface area contributed by atoms with E-state index in [1.165, 1.54) is 23.8 Å². The van der Waals surface area contributed by atoms with Crippen LogP contribution in [-0.2, 0) is 11.2 Å². The summed E-state index contributed by atoms with van der Waals surface area (Å²) in [5.41, 5.74) is 1.86. The number of halogens is 6. The van der Waals surface area contributed by atoms with Crippen LogP contribution in [0.3, 0.4) is 0 Å². The molecule has 4 rings (SSSR count). The number of rotatable bonds is 10. The van der Waals surface area contributed by atoms with E-state index in [1.807, 2.05) is 0 Å². The monoisotopic (exact) mass is 593 g/mol. The molecule has 1 atom stereocenters. The van der Waals surface area contributed by atoms with Crippen molar-refractivity contribution in [2.75, 3.05) is 7.11 Å². The van der Waals surface area contributed by atoms with Crippen LogP contribution in [0.5, 0.6) is 11.5 Å². The van der Waals surface area contributed by atoms with Gasteiger partial charge in [0.15, 0.2) is 5.78 Å². The summed E-state index contributed by atoms with van der Waals surface area (Å²) < 4.78 is 88.1. The zero-order valence-electron chi connectivity index (χ0n) is 22.3. The standard InChI is InChI=1S/C30H25F6NO5/c1-17-26(27(38)19-6-8-22(41-2)9-7-19)24-11-10-23(42-30(34,35)36)16-25(24)37(17)21-5-3-4-18(15-21)14-20(28(39)40)12-13-29(31,32)33/h3-11,15-16,20H,12-14H2,1-2H3,(H,39,40). The molecule has 1 unspecified atom stereocenters. The van der Waals surface area contributed by atoms with E-state index >= 15 is 0 Å². The molecule has 42 heavy (non-hydrogen) atoms. The molecular weight excluding hydrogens is 568 g/mol. The summed E-state index contributed by atoms with van der Waals surface area (Å²) in [6.45, 7) is 1.61. The first-order valence-corrected chi connectivity index (χ1v) is 12.7. The number of hydrogen-bond acceptors (Lipinski definition) is 4. The first kappa shape index (κ1) is 30.5. The lowest BCUT2D eigenvalue weighted by Crippen LogP contribution is -2.20. The van der Waals surface area contributed by atoms with Crippen molar-refractivity contribution in [2.24, 2.45) is 5.92 Å². The zero-order valence-corrected chi connectivity index (χ0v) is 22.3. The number of aliphatic carboxylic acids is 1. The number of carboxylic acids is 1. The first-order valence-electron chi connectivity index (χ1n) is 12.7. The van der Waals surface area contributed by atoms with Crippen LogP contribution < -0.4 is 9.47 Å². The Morgan fingerprint density at radius 3 is 2.19 bits per heavy atom. The number of benzene rings is 3. The number of fused-ring (bicyclic) bond motifs is 1. The first-order chi connectivity index (χ1) is 19.7. The molecular formula is C30H25F6NO5. The van der Waals surface area contributed by atoms with Gasteiger partial charge in [0.1, 0.15) is 11.5 Å². The molecule has 1 heterocycles. The fourth-order valence-corrected chi connectivity index (χ4v) is 4.86. The predicted octanol–water partition coefficient (Wildman–Crippen LogP) is 7.66. The quantitative estimate of drug-likeness (QED) is 0.151. The van der Waals surface area contributed by atoms with Crippen LogP contribution in [0.1, 0.15) is 40.0 Å². The van der Waals surface area contributed by atoms with Crippen LogP contribution >= 0.6 is 0 Å². The molecule has 0 aliphatic rings. The highest BCUT2D eigenvalue weighted by atomic mass is 19.4. The molecule has 3 aromatic carbocycles. The normalized spacial score (nSPS) is 12.8. The van der Waals surface area contributed by atoms with Crippen molar-refractivity contribution in [3.8, 4) is 17.2 Å². The molecule has 0 radical (unpaired) electrons. The number of hydrogen-bond donors (Lipinski definition) is 1. The highest BCUT2D eigenvalue weighted by Crippen LogP contribution is 2.35. The van der Waals surface area contributed by atoms with E-state index in [2.05, 4.69) is 4.74 Å². The third-order valence-corrected chi connectivity index (χ3v) is 6.77. The molecule has 0 fully saturated rings. The largest absolute Gasteiger partial charge is 0.573 e. The summed E-state index contributed by atoms with van der Waals surface area (Å²) in [6, 6.07) is 16.1. The second-order valence-electron chi connectivity index (χ2n) is 9.64. The Bertz CT molecular complexity index is 1610. The molecule has 222 valence electrons. The van der Waals surface area contributed by atoms with Gasteiger partial charge < -0.3 is 19.1 Å². The number of alkyl halides is 6. The van der Waals surface area contributed by atoms with Crippen molar-refractivity contribution in [3.63, 3.8) is 0 Å². The Balaban J connectivity index is 1.83. The maximum atomic E-state index is 13.7. The van der Waals surface area contributed by atoms with Gasteiger partial charge in [-0.2, -0.15) is 13.2 Å². The SMILES string of the molecule is COc1ccc(C(=O)c2c(C)n(-c3cccc(CC(CCC(F)(F)F)C(=O)O)c3)c3cc(OC(F)(F)F)ccc23)cc1. The minimum atomic E-state index is -4.97. The van der Waals surface area contributed by atoms with Crippen molar-refractivity contribution in [1.82, 2.24) is 4.57 Å². The number of ether oxygens (including phenoxy) is 2. The smallest absolute Gasteiger partial charge is 0.497 e. The molecule has 4 aromatic rings. The second kappa shape index (κ2) is 11.8.